The van der Waals surface area contributed by atoms with Crippen LogP contribution in [0.25, 0.3) is 0 Å². The summed E-state index contributed by atoms with van der Waals surface area (Å²) in [7, 11) is 0. The van der Waals surface area contributed by atoms with Gasteiger partial charge in [0.25, 0.3) is 0 Å². The zero-order chi connectivity index (χ0) is 20.3. The predicted octanol–water partition coefficient (Wildman–Crippen LogP) is 5.56. The highest BCUT2D eigenvalue weighted by molar-refractivity contribution is 8.14. The molecule has 29 heavy (non-hydrogen) atoms. The molecule has 9 heteroatoms. The quantitative estimate of drug-likeness (QED) is 0.603. The van der Waals surface area contributed by atoms with Crippen molar-refractivity contribution >= 4 is 40.9 Å². The number of thioether (sulfide) groups is 1. The summed E-state index contributed by atoms with van der Waals surface area (Å²) in [6.07, 6.45) is 1.23. The van der Waals surface area contributed by atoms with Crippen LogP contribution in [0, 0.1) is 0 Å². The molecule has 0 aromatic heterocycles. The van der Waals surface area contributed by atoms with E-state index in [0.29, 0.717) is 24.0 Å². The van der Waals surface area contributed by atoms with Crippen molar-refractivity contribution in [3.63, 3.8) is 0 Å². The number of benzene rings is 1. The van der Waals surface area contributed by atoms with E-state index in [1.807, 2.05) is 6.92 Å². The minimum atomic E-state index is -4.39. The van der Waals surface area contributed by atoms with Gasteiger partial charge in [0.2, 0.25) is 5.91 Å². The van der Waals surface area contributed by atoms with E-state index in [9.17, 15) is 18.0 Å². The highest BCUT2D eigenvalue weighted by atomic mass is 35.5. The molecule has 1 aromatic carbocycles. The van der Waals surface area contributed by atoms with Crippen LogP contribution < -0.4 is 4.90 Å². The Labute approximate surface area is 180 Å². The second-order valence-corrected chi connectivity index (χ2v) is 8.20. The summed E-state index contributed by atoms with van der Waals surface area (Å²) in [4.78, 5) is 21.0. The van der Waals surface area contributed by atoms with E-state index in [0.717, 1.165) is 30.1 Å². The monoisotopic (exact) mass is 449 g/mol. The number of nitrogens with zero attached hydrogens (tertiary/aromatic N) is 3. The number of carbonyl (C=O) groups is 1. The van der Waals surface area contributed by atoms with Crippen molar-refractivity contribution in [1.29, 1.82) is 0 Å². The molecule has 0 radical (unpaired) electrons. The first kappa shape index (κ1) is 23.9. The van der Waals surface area contributed by atoms with E-state index in [1.54, 1.807) is 16.7 Å². The minimum absolute atomic E-state index is 0. The van der Waals surface area contributed by atoms with Gasteiger partial charge < -0.3 is 4.90 Å². The minimum Gasteiger partial charge on any atom is -0.330 e. The van der Waals surface area contributed by atoms with Gasteiger partial charge in [-0.1, -0.05) is 31.0 Å². The molecule has 162 valence electrons. The summed E-state index contributed by atoms with van der Waals surface area (Å²) in [6.45, 7) is 4.15. The molecule has 2 aliphatic rings. The van der Waals surface area contributed by atoms with Gasteiger partial charge in [-0.05, 0) is 44.0 Å². The summed E-state index contributed by atoms with van der Waals surface area (Å²) in [5, 5.41) is 0.942. The second-order valence-electron chi connectivity index (χ2n) is 7.21. The van der Waals surface area contributed by atoms with Crippen LogP contribution >= 0.6 is 24.2 Å². The Hall–Kier alpha value is -1.41. The zero-order valence-corrected chi connectivity index (χ0v) is 18.2. The Kier molecular flexibility index (Phi) is 8.28. The molecule has 3 rings (SSSR count). The van der Waals surface area contributed by atoms with Gasteiger partial charge in [0.1, 0.15) is 6.17 Å². The lowest BCUT2D eigenvalue weighted by Gasteiger charge is -2.35. The van der Waals surface area contributed by atoms with Gasteiger partial charge in [-0.3, -0.25) is 14.7 Å². The zero-order valence-electron chi connectivity index (χ0n) is 16.6. The highest BCUT2D eigenvalue weighted by Gasteiger charge is 2.37. The van der Waals surface area contributed by atoms with Crippen LogP contribution in [0.1, 0.15) is 51.5 Å². The number of halogens is 4. The van der Waals surface area contributed by atoms with Gasteiger partial charge in [-0.15, -0.1) is 12.4 Å². The lowest BCUT2D eigenvalue weighted by atomic mass is 9.96. The van der Waals surface area contributed by atoms with E-state index < -0.39 is 11.7 Å². The molecule has 1 aliphatic carbocycles. The van der Waals surface area contributed by atoms with Crippen molar-refractivity contribution in [2.24, 2.45) is 4.99 Å². The van der Waals surface area contributed by atoms with Gasteiger partial charge in [-0.25, -0.2) is 0 Å². The summed E-state index contributed by atoms with van der Waals surface area (Å²) in [5.74, 6) is 0.461. The molecule has 2 fully saturated rings. The first-order valence-corrected chi connectivity index (χ1v) is 10.7. The molecule has 0 bridgehead atoms. The van der Waals surface area contributed by atoms with Crippen LogP contribution in [0.4, 0.5) is 18.9 Å². The number of carbonyl (C=O) groups excluding carboxylic acids is 1. The van der Waals surface area contributed by atoms with Crippen molar-refractivity contribution in [3.05, 3.63) is 29.8 Å². The first-order valence-electron chi connectivity index (χ1n) is 9.75. The molecule has 1 amide bonds. The van der Waals surface area contributed by atoms with E-state index in [1.165, 1.54) is 38.3 Å². The molecular weight excluding hydrogens is 423 g/mol. The molecule has 4 nitrogen and oxygen atoms in total. The van der Waals surface area contributed by atoms with Gasteiger partial charge in [0.15, 0.2) is 5.17 Å². The fraction of sp³-hybridized carbons (Fsp3) is 0.600. The smallest absolute Gasteiger partial charge is 0.330 e. The summed E-state index contributed by atoms with van der Waals surface area (Å²) < 4.78 is 38.6. The maximum atomic E-state index is 12.9. The number of hydrogen-bond donors (Lipinski definition) is 0. The maximum Gasteiger partial charge on any atom is 0.416 e. The van der Waals surface area contributed by atoms with Crippen LogP contribution in [-0.4, -0.2) is 40.5 Å². The number of anilines is 1. The largest absolute Gasteiger partial charge is 0.416 e. The van der Waals surface area contributed by atoms with Gasteiger partial charge >= 0.3 is 6.18 Å². The molecule has 1 aromatic rings. The molecule has 0 spiro atoms. The number of aliphatic imine (C=N–C) groups is 1. The molecule has 1 heterocycles. The predicted molar refractivity (Wildman–Crippen MR) is 115 cm³/mol. The topological polar surface area (TPSA) is 35.9 Å². The molecule has 1 unspecified atom stereocenters. The van der Waals surface area contributed by atoms with Crippen molar-refractivity contribution in [1.82, 2.24) is 4.90 Å². The Morgan fingerprint density at radius 2 is 1.83 bits per heavy atom. The Morgan fingerprint density at radius 1 is 1.21 bits per heavy atom. The fourth-order valence-corrected chi connectivity index (χ4v) is 5.13. The number of amides is 1. The molecule has 0 N–H and O–H groups in total. The number of hydrogen-bond acceptors (Lipinski definition) is 3. The van der Waals surface area contributed by atoms with Crippen molar-refractivity contribution in [3.8, 4) is 0 Å². The van der Waals surface area contributed by atoms with Gasteiger partial charge in [-0.2, -0.15) is 13.2 Å². The van der Waals surface area contributed by atoms with Crippen LogP contribution in [0.5, 0.6) is 0 Å². The third kappa shape index (κ3) is 5.60. The molecule has 1 saturated heterocycles. The molecule has 1 saturated carbocycles. The lowest BCUT2D eigenvalue weighted by molar-refractivity contribution is -0.137. The Balaban J connectivity index is 0.00000300. The van der Waals surface area contributed by atoms with E-state index in [2.05, 4.69) is 4.90 Å². The highest BCUT2D eigenvalue weighted by Crippen LogP contribution is 2.34. The van der Waals surface area contributed by atoms with Crippen LogP contribution in [0.15, 0.2) is 29.3 Å². The average Bonchev–Trinajstić information content (AvgIpc) is 3.04. The normalized spacial score (nSPS) is 21.9. The third-order valence-electron chi connectivity index (χ3n) is 5.29. The van der Waals surface area contributed by atoms with Crippen molar-refractivity contribution in [2.75, 3.05) is 17.2 Å². The second kappa shape index (κ2) is 10.1. The molecular formula is C20H27ClF3N3OS. The summed E-state index contributed by atoms with van der Waals surface area (Å²) in [5.41, 5.74) is -0.240. The summed E-state index contributed by atoms with van der Waals surface area (Å²) >= 11 is 1.63. The van der Waals surface area contributed by atoms with Crippen LogP contribution in [-0.2, 0) is 11.0 Å². The van der Waals surface area contributed by atoms with E-state index >= 15 is 0 Å². The first-order chi connectivity index (χ1) is 13.3. The van der Waals surface area contributed by atoms with E-state index in [-0.39, 0.29) is 24.5 Å². The standard InChI is InChI=1S/C20H26F3N3OS.ClH/c1-3-25-18(13-28-19(25)24-16-7-5-4-6-8-16)26(14(2)27)17-11-9-15(10-12-17)20(21,22)23;/h9-12,16,18H,3-8,13H2,1-2H3;1H. The molecule has 1 atom stereocenters. The van der Waals surface area contributed by atoms with Crippen molar-refractivity contribution < 1.29 is 18.0 Å². The van der Waals surface area contributed by atoms with Crippen molar-refractivity contribution in [2.45, 2.75) is 64.3 Å². The molecule has 1 aliphatic heterocycles. The Morgan fingerprint density at radius 3 is 2.34 bits per heavy atom. The van der Waals surface area contributed by atoms with Gasteiger partial charge in [0.05, 0.1) is 11.6 Å². The number of amidine groups is 1. The number of alkyl halides is 3. The summed E-state index contributed by atoms with van der Waals surface area (Å²) in [6, 6.07) is 5.14. The van der Waals surface area contributed by atoms with Crippen LogP contribution in [0.3, 0.4) is 0 Å². The van der Waals surface area contributed by atoms with Crippen LogP contribution in [0.2, 0.25) is 0 Å². The average molecular weight is 450 g/mol. The fourth-order valence-electron chi connectivity index (χ4n) is 3.86. The van der Waals surface area contributed by atoms with E-state index in [4.69, 9.17) is 4.99 Å². The maximum absolute atomic E-state index is 12.9. The van der Waals surface area contributed by atoms with Gasteiger partial charge in [0, 0.05) is 24.9 Å². The number of rotatable bonds is 4. The lowest BCUT2D eigenvalue weighted by Crippen LogP contribution is -2.50. The third-order valence-corrected chi connectivity index (χ3v) is 6.35. The SMILES string of the molecule is CCN1C(=NC2CCCCC2)SCC1N(C(C)=O)c1ccc(C(F)(F)F)cc1.Cl. The Bertz CT molecular complexity index is 721.